The Morgan fingerprint density at radius 2 is 1.64 bits per heavy atom. The fourth-order valence-electron chi connectivity index (χ4n) is 2.20. The van der Waals surface area contributed by atoms with E-state index in [2.05, 4.69) is 5.10 Å². The predicted molar refractivity (Wildman–Crippen MR) is 84.6 cm³/mol. The summed E-state index contributed by atoms with van der Waals surface area (Å²) >= 11 is 0. The van der Waals surface area contributed by atoms with Crippen LogP contribution in [0.15, 0.2) is 70.7 Å². The molecule has 3 rings (SSSR count). The Morgan fingerprint density at radius 3 is 2.32 bits per heavy atom. The lowest BCUT2D eigenvalue weighted by molar-refractivity contribution is 0.0698. The van der Waals surface area contributed by atoms with Gasteiger partial charge in [-0.2, -0.15) is 5.10 Å². The Hall–Kier alpha value is -3.21. The first kappa shape index (κ1) is 13.8. The molecule has 0 spiro atoms. The number of pyridine rings is 1. The van der Waals surface area contributed by atoms with E-state index in [4.69, 9.17) is 0 Å². The van der Waals surface area contributed by atoms with Crippen molar-refractivity contribution in [1.82, 2.24) is 4.68 Å². The van der Waals surface area contributed by atoms with Crippen molar-refractivity contribution in [2.75, 3.05) is 0 Å². The van der Waals surface area contributed by atoms with Gasteiger partial charge in [0.1, 0.15) is 0 Å². The average Bonchev–Trinajstić information content (AvgIpc) is 2.55. The van der Waals surface area contributed by atoms with Crippen LogP contribution in [-0.4, -0.2) is 22.0 Å². The predicted octanol–water partition coefficient (Wildman–Crippen LogP) is 2.58. The first-order valence-corrected chi connectivity index (χ1v) is 6.64. The molecule has 1 N–H and O–H groups in total. The van der Waals surface area contributed by atoms with E-state index >= 15 is 0 Å². The number of aromatic nitrogens is 1. The van der Waals surface area contributed by atoms with E-state index in [9.17, 15) is 14.7 Å². The van der Waals surface area contributed by atoms with Gasteiger partial charge < -0.3 is 5.11 Å². The number of fused-ring (bicyclic) bond motifs is 1. The van der Waals surface area contributed by atoms with Crippen LogP contribution in [0.4, 0.5) is 0 Å². The van der Waals surface area contributed by atoms with Crippen LogP contribution in [0.5, 0.6) is 0 Å². The zero-order valence-electron chi connectivity index (χ0n) is 11.5. The number of hydrogen-bond donors (Lipinski definition) is 1. The molecular weight excluding hydrogens is 280 g/mol. The highest BCUT2D eigenvalue weighted by atomic mass is 16.4. The third-order valence-corrected chi connectivity index (χ3v) is 3.27. The smallest absolute Gasteiger partial charge is 0.337 e. The van der Waals surface area contributed by atoms with Crippen molar-refractivity contribution in [3.63, 3.8) is 0 Å². The number of aromatic carboxylic acids is 1. The lowest BCUT2D eigenvalue weighted by Gasteiger charge is -2.05. The second-order valence-electron chi connectivity index (χ2n) is 4.70. The third kappa shape index (κ3) is 2.52. The van der Waals surface area contributed by atoms with Crippen LogP contribution in [0.1, 0.15) is 15.9 Å². The van der Waals surface area contributed by atoms with Gasteiger partial charge in [-0.15, -0.1) is 0 Å². The summed E-state index contributed by atoms with van der Waals surface area (Å²) in [5, 5.41) is 14.1. The van der Waals surface area contributed by atoms with Crippen molar-refractivity contribution in [2.45, 2.75) is 0 Å². The molecule has 0 atom stereocenters. The normalized spacial score (nSPS) is 11.1. The summed E-state index contributed by atoms with van der Waals surface area (Å²) in [6, 6.07) is 15.9. The lowest BCUT2D eigenvalue weighted by Crippen LogP contribution is -2.19. The number of benzene rings is 2. The maximum atomic E-state index is 12.4. The van der Waals surface area contributed by atoms with E-state index < -0.39 is 5.97 Å². The fraction of sp³-hybridized carbons (Fsp3) is 0. The monoisotopic (exact) mass is 292 g/mol. The van der Waals surface area contributed by atoms with Crippen molar-refractivity contribution >= 4 is 23.0 Å². The Bertz CT molecular complexity index is 928. The number of rotatable bonds is 3. The second-order valence-corrected chi connectivity index (χ2v) is 4.70. The van der Waals surface area contributed by atoms with E-state index in [1.807, 2.05) is 30.3 Å². The molecular formula is C17H12N2O3. The molecule has 0 unspecified atom stereocenters. The summed E-state index contributed by atoms with van der Waals surface area (Å²) in [5.74, 6) is -1.10. The van der Waals surface area contributed by atoms with Crippen LogP contribution in [0.25, 0.3) is 10.8 Å². The second kappa shape index (κ2) is 5.65. The maximum absolute atomic E-state index is 12.4. The minimum atomic E-state index is -1.10. The van der Waals surface area contributed by atoms with Crippen molar-refractivity contribution in [1.29, 1.82) is 0 Å². The summed E-state index contributed by atoms with van der Waals surface area (Å²) in [7, 11) is 0. The van der Waals surface area contributed by atoms with Crippen molar-refractivity contribution in [2.24, 2.45) is 5.10 Å². The highest BCUT2D eigenvalue weighted by Crippen LogP contribution is 2.15. The Labute approximate surface area is 125 Å². The van der Waals surface area contributed by atoms with Gasteiger partial charge >= 0.3 is 5.97 Å². The van der Waals surface area contributed by atoms with E-state index in [0.717, 1.165) is 10.2 Å². The molecule has 1 heterocycles. The summed E-state index contributed by atoms with van der Waals surface area (Å²) in [6.45, 7) is 0. The van der Waals surface area contributed by atoms with Crippen LogP contribution in [-0.2, 0) is 0 Å². The molecule has 0 aliphatic rings. The van der Waals surface area contributed by atoms with Gasteiger partial charge in [0, 0.05) is 17.0 Å². The van der Waals surface area contributed by atoms with Crippen LogP contribution in [0, 0.1) is 0 Å². The van der Waals surface area contributed by atoms with Gasteiger partial charge in [0.05, 0.1) is 11.8 Å². The molecule has 0 aliphatic heterocycles. The topological polar surface area (TPSA) is 71.7 Å². The van der Waals surface area contributed by atoms with Crippen LogP contribution >= 0.6 is 0 Å². The molecule has 0 fully saturated rings. The maximum Gasteiger partial charge on any atom is 0.337 e. The van der Waals surface area contributed by atoms with Crippen LogP contribution < -0.4 is 5.56 Å². The van der Waals surface area contributed by atoms with E-state index in [1.54, 1.807) is 24.3 Å². The number of carboxylic acids is 1. The Morgan fingerprint density at radius 1 is 1.00 bits per heavy atom. The number of carbonyl (C=O) groups is 1. The number of nitrogens with zero attached hydrogens (tertiary/aromatic N) is 2. The zero-order chi connectivity index (χ0) is 15.5. The largest absolute Gasteiger partial charge is 0.478 e. The van der Waals surface area contributed by atoms with E-state index in [1.165, 1.54) is 12.4 Å². The minimum Gasteiger partial charge on any atom is -0.478 e. The van der Waals surface area contributed by atoms with Gasteiger partial charge in [0.25, 0.3) is 5.56 Å². The molecule has 22 heavy (non-hydrogen) atoms. The Balaban J connectivity index is 2.18. The van der Waals surface area contributed by atoms with Gasteiger partial charge in [0.15, 0.2) is 0 Å². The fourth-order valence-corrected chi connectivity index (χ4v) is 2.20. The van der Waals surface area contributed by atoms with Gasteiger partial charge in [-0.1, -0.05) is 48.5 Å². The van der Waals surface area contributed by atoms with Crippen LogP contribution in [0.3, 0.4) is 0 Å². The van der Waals surface area contributed by atoms with Gasteiger partial charge in [-0.25, -0.2) is 9.47 Å². The summed E-state index contributed by atoms with van der Waals surface area (Å²) in [5.41, 5.74) is 0.507. The quantitative estimate of drug-likeness (QED) is 0.754. The molecule has 1 aromatic heterocycles. The van der Waals surface area contributed by atoms with E-state index in [-0.39, 0.29) is 11.1 Å². The van der Waals surface area contributed by atoms with Crippen molar-refractivity contribution in [3.8, 4) is 0 Å². The van der Waals surface area contributed by atoms with E-state index in [0.29, 0.717) is 10.8 Å². The van der Waals surface area contributed by atoms with Crippen LogP contribution in [0.2, 0.25) is 0 Å². The highest BCUT2D eigenvalue weighted by molar-refractivity contribution is 6.03. The highest BCUT2D eigenvalue weighted by Gasteiger charge is 2.12. The summed E-state index contributed by atoms with van der Waals surface area (Å²) in [4.78, 5) is 23.8. The number of carboxylic acid groups (broad SMARTS) is 1. The molecule has 108 valence electrons. The molecule has 5 nitrogen and oxygen atoms in total. The summed E-state index contributed by atoms with van der Waals surface area (Å²) < 4.78 is 1.05. The van der Waals surface area contributed by atoms with Gasteiger partial charge in [-0.3, -0.25) is 4.79 Å². The summed E-state index contributed by atoms with van der Waals surface area (Å²) in [6.07, 6.45) is 2.76. The van der Waals surface area contributed by atoms with Crippen molar-refractivity contribution < 1.29 is 9.90 Å². The first-order chi connectivity index (χ1) is 10.7. The molecule has 0 aliphatic carbocycles. The Kier molecular flexibility index (Phi) is 3.53. The standard InChI is InChI=1S/C17H12N2O3/c20-16-14-9-5-4-8-13(14)15(17(21)22)11-19(16)18-10-12-6-2-1-3-7-12/h1-11H,(H,21,22). The zero-order valence-corrected chi connectivity index (χ0v) is 11.5. The number of hydrogen-bond acceptors (Lipinski definition) is 3. The molecule has 3 aromatic rings. The molecule has 0 amide bonds. The molecule has 2 aromatic carbocycles. The first-order valence-electron chi connectivity index (χ1n) is 6.64. The molecule has 0 saturated heterocycles. The molecule has 0 saturated carbocycles. The molecule has 5 heteroatoms. The molecule has 0 bridgehead atoms. The van der Waals surface area contributed by atoms with Crippen molar-refractivity contribution in [3.05, 3.63) is 82.3 Å². The minimum absolute atomic E-state index is 0.0420. The van der Waals surface area contributed by atoms with Gasteiger partial charge in [-0.05, 0) is 11.6 Å². The third-order valence-electron chi connectivity index (χ3n) is 3.27. The molecule has 0 radical (unpaired) electrons. The SMILES string of the molecule is O=C(O)c1cn(N=Cc2ccccc2)c(=O)c2ccccc12. The lowest BCUT2D eigenvalue weighted by atomic mass is 10.1. The average molecular weight is 292 g/mol. The van der Waals surface area contributed by atoms with Gasteiger partial charge in [0.2, 0.25) is 0 Å².